The molecule has 0 unspecified atom stereocenters. The first-order valence-corrected chi connectivity index (χ1v) is 21.4. The minimum absolute atomic E-state index is 0. The maximum atomic E-state index is 13.1. The molecule has 6 aromatic carbocycles. The number of nitrogens with one attached hydrogen (secondary N) is 4. The van der Waals surface area contributed by atoms with Crippen molar-refractivity contribution in [2.24, 2.45) is 0 Å². The van der Waals surface area contributed by atoms with Crippen molar-refractivity contribution in [1.29, 1.82) is 0 Å². The van der Waals surface area contributed by atoms with Crippen molar-refractivity contribution in [1.82, 2.24) is 19.9 Å². The van der Waals surface area contributed by atoms with Gasteiger partial charge in [-0.05, 0) is 84.9 Å². The van der Waals surface area contributed by atoms with Crippen LogP contribution in [-0.4, -0.2) is 83.6 Å². The van der Waals surface area contributed by atoms with E-state index in [9.17, 15) is 45.1 Å². The number of hydrogen-bond acceptors (Lipinski definition) is 10. The van der Waals surface area contributed by atoms with Crippen LogP contribution in [0.5, 0.6) is 0 Å². The van der Waals surface area contributed by atoms with Crippen molar-refractivity contribution in [3.05, 3.63) is 146 Å². The predicted octanol–water partition coefficient (Wildman–Crippen LogP) is 7.39. The quantitative estimate of drug-likeness (QED) is 0.0760. The van der Waals surface area contributed by atoms with Gasteiger partial charge in [-0.3, -0.25) is 19.2 Å². The molecule has 0 saturated heterocycles. The van der Waals surface area contributed by atoms with Crippen LogP contribution in [0.15, 0.2) is 114 Å². The van der Waals surface area contributed by atoms with Gasteiger partial charge in [0.1, 0.15) is 20.2 Å². The van der Waals surface area contributed by atoms with Gasteiger partial charge in [0.15, 0.2) is 21.7 Å². The first kappa shape index (κ1) is 43.1. The fourth-order valence-corrected chi connectivity index (χ4v) is 9.59. The van der Waals surface area contributed by atoms with E-state index in [0.29, 0.717) is 64.7 Å². The Morgan fingerprint density at radius 3 is 0.902 bits per heavy atom. The van der Waals surface area contributed by atoms with E-state index in [1.807, 2.05) is 0 Å². The Morgan fingerprint density at radius 2 is 0.607 bits per heavy atom. The fourth-order valence-electron chi connectivity index (χ4n) is 7.23. The molecule has 10 aromatic rings. The zero-order chi connectivity index (χ0) is 42.7. The Labute approximate surface area is 389 Å². The summed E-state index contributed by atoms with van der Waals surface area (Å²) in [7, 11) is -9.72. The molecule has 0 spiro atoms. The van der Waals surface area contributed by atoms with Crippen molar-refractivity contribution >= 4 is 192 Å². The monoisotopic (exact) mass is 958 g/mol. The standard InChI is InChI=1S/2C20H10Cl2N2O5S.Ca/c2*21-8-1-2-9-14(3-8)23-15-5-11-16(4-10(15)19(9)25)24-17-7-13(22)18(30(27,28)29)6-12(17)20(11)26;/h2*1-7H,(H,23,25)(H,24,26)(H,27,28,29);/q;;+2/p-2. The number of aromatic nitrogens is 4. The first-order valence-electron chi connectivity index (χ1n) is 17.1. The number of fused-ring (bicyclic) bond motifs is 8. The number of hydrogen-bond donors (Lipinski definition) is 4. The normalized spacial score (nSPS) is 12.2. The third-order valence-corrected chi connectivity index (χ3v) is 13.1. The van der Waals surface area contributed by atoms with Crippen LogP contribution < -0.4 is 21.7 Å². The third-order valence-electron chi connectivity index (χ3n) is 10.00. The van der Waals surface area contributed by atoms with Gasteiger partial charge in [-0.2, -0.15) is 0 Å². The van der Waals surface area contributed by atoms with Crippen molar-refractivity contribution in [2.75, 3.05) is 0 Å². The molecule has 4 heterocycles. The summed E-state index contributed by atoms with van der Waals surface area (Å²) in [6.45, 7) is 0. The van der Waals surface area contributed by atoms with E-state index in [0.717, 1.165) is 12.1 Å². The number of rotatable bonds is 2. The molecule has 0 aliphatic heterocycles. The first-order chi connectivity index (χ1) is 28.3. The summed E-state index contributed by atoms with van der Waals surface area (Å²) in [5, 5.41) is 2.32. The van der Waals surface area contributed by atoms with Crippen LogP contribution in [0.2, 0.25) is 20.1 Å². The zero-order valence-corrected chi connectivity index (χ0v) is 37.1. The van der Waals surface area contributed by atoms with E-state index >= 15 is 0 Å². The average molecular weight is 961 g/mol. The summed E-state index contributed by atoms with van der Waals surface area (Å²) in [4.78, 5) is 62.8. The molecule has 0 radical (unpaired) electrons. The van der Waals surface area contributed by atoms with Crippen molar-refractivity contribution < 1.29 is 25.9 Å². The van der Waals surface area contributed by atoms with Crippen molar-refractivity contribution in [2.45, 2.75) is 9.79 Å². The molecule has 0 fully saturated rings. The van der Waals surface area contributed by atoms with Gasteiger partial charge in [-0.25, -0.2) is 16.8 Å². The smallest absolute Gasteiger partial charge is 0.744 e. The van der Waals surface area contributed by atoms with Crippen LogP contribution in [0.4, 0.5) is 0 Å². The number of halogens is 4. The number of benzene rings is 6. The molecule has 0 atom stereocenters. The van der Waals surface area contributed by atoms with Gasteiger partial charge in [0.25, 0.3) is 0 Å². The Balaban J connectivity index is 0.000000166. The summed E-state index contributed by atoms with van der Waals surface area (Å²) in [6, 6.07) is 20.1. The van der Waals surface area contributed by atoms with Crippen LogP contribution in [0.25, 0.3) is 87.2 Å². The van der Waals surface area contributed by atoms with Gasteiger partial charge in [0.2, 0.25) is 0 Å². The second-order valence-corrected chi connectivity index (χ2v) is 18.0. The maximum absolute atomic E-state index is 13.1. The van der Waals surface area contributed by atoms with Crippen molar-refractivity contribution in [3.8, 4) is 0 Å². The van der Waals surface area contributed by atoms with Crippen molar-refractivity contribution in [3.63, 3.8) is 0 Å². The van der Waals surface area contributed by atoms with Gasteiger partial charge >= 0.3 is 37.7 Å². The molecular weight excluding hydrogens is 942 g/mol. The molecule has 0 aliphatic rings. The van der Waals surface area contributed by atoms with E-state index in [2.05, 4.69) is 19.9 Å². The van der Waals surface area contributed by atoms with Crippen LogP contribution in [-0.2, 0) is 20.2 Å². The molecular formula is C40H18CaCl4N4O10S2. The number of H-pyrrole nitrogens is 4. The molecule has 10 rings (SSSR count). The minimum atomic E-state index is -4.86. The maximum Gasteiger partial charge on any atom is 2.00 e. The molecule has 21 heteroatoms. The molecule has 61 heavy (non-hydrogen) atoms. The van der Waals surface area contributed by atoms with E-state index < -0.39 is 40.9 Å². The van der Waals surface area contributed by atoms with Gasteiger partial charge in [-0.1, -0.05) is 46.4 Å². The second kappa shape index (κ2) is 15.4. The average Bonchev–Trinajstić information content (AvgIpc) is 3.16. The van der Waals surface area contributed by atoms with E-state index in [1.165, 1.54) is 24.3 Å². The van der Waals surface area contributed by atoms with E-state index in [4.69, 9.17) is 46.4 Å². The second-order valence-electron chi connectivity index (χ2n) is 13.6. The molecule has 0 amide bonds. The third kappa shape index (κ3) is 7.48. The van der Waals surface area contributed by atoms with Crippen LogP contribution >= 0.6 is 46.4 Å². The summed E-state index contributed by atoms with van der Waals surface area (Å²) < 4.78 is 68.6. The van der Waals surface area contributed by atoms with Crippen LogP contribution in [0, 0.1) is 0 Å². The molecule has 14 nitrogen and oxygen atoms in total. The molecule has 300 valence electrons. The molecule has 4 aromatic heterocycles. The van der Waals surface area contributed by atoms with Gasteiger partial charge in [-0.15, -0.1) is 0 Å². The topological polar surface area (TPSA) is 246 Å². The Bertz CT molecular complexity index is 3850. The molecule has 0 aliphatic carbocycles. The van der Waals surface area contributed by atoms with Crippen LogP contribution in [0.1, 0.15) is 0 Å². The summed E-state index contributed by atoms with van der Waals surface area (Å²) in [6.07, 6.45) is 0. The fraction of sp³-hybridized carbons (Fsp3) is 0. The number of aromatic amines is 4. The predicted molar refractivity (Wildman–Crippen MR) is 237 cm³/mol. The Hall–Kier alpha value is -4.56. The van der Waals surface area contributed by atoms with Gasteiger partial charge < -0.3 is 29.0 Å². The number of pyridine rings is 4. The van der Waals surface area contributed by atoms with E-state index in [1.54, 1.807) is 48.5 Å². The summed E-state index contributed by atoms with van der Waals surface area (Å²) in [5.74, 6) is 0. The molecule has 0 bridgehead atoms. The minimum Gasteiger partial charge on any atom is -0.744 e. The largest absolute Gasteiger partial charge is 2.00 e. The van der Waals surface area contributed by atoms with Gasteiger partial charge in [0.05, 0.1) is 64.0 Å². The Kier molecular flexibility index (Phi) is 10.9. The SMILES string of the molecule is O=c1c2ccc(Cl)cc2[nH]c2cc3c(=O)c4cc(S(=O)(=O)[O-])c(Cl)cc4[nH]c3cc12.O=c1c2ccc(Cl)cc2[nH]c2cc3c(=O)c4cc(S(=O)(=O)[O-])c(Cl)cc4[nH]c3cc12.[Ca+2]. The van der Waals surface area contributed by atoms with E-state index in [-0.39, 0.29) is 91.2 Å². The zero-order valence-electron chi connectivity index (χ0n) is 30.2. The van der Waals surface area contributed by atoms with Crippen LogP contribution in [0.3, 0.4) is 0 Å². The summed E-state index contributed by atoms with van der Waals surface area (Å²) in [5.41, 5.74) is 1.61. The molecule has 0 saturated carbocycles. The molecule has 4 N–H and O–H groups in total. The Morgan fingerprint density at radius 1 is 0.361 bits per heavy atom. The summed E-state index contributed by atoms with van der Waals surface area (Å²) >= 11 is 23.9. The van der Waals surface area contributed by atoms with Gasteiger partial charge in [0, 0.05) is 53.1 Å².